The van der Waals surface area contributed by atoms with Gasteiger partial charge in [0.05, 0.1) is 21.4 Å². The molecule has 3 rings (SSSR count). The van der Waals surface area contributed by atoms with E-state index >= 15 is 0 Å². The van der Waals surface area contributed by atoms with Crippen LogP contribution in [0.3, 0.4) is 0 Å². The predicted molar refractivity (Wildman–Crippen MR) is 110 cm³/mol. The van der Waals surface area contributed by atoms with Crippen LogP contribution in [0.15, 0.2) is 53.3 Å². The van der Waals surface area contributed by atoms with Crippen LogP contribution in [-0.4, -0.2) is 15.3 Å². The molecule has 0 unspecified atom stereocenters. The van der Waals surface area contributed by atoms with E-state index in [2.05, 4.69) is 5.32 Å². The second kappa shape index (κ2) is 7.62. The summed E-state index contributed by atoms with van der Waals surface area (Å²) in [6.45, 7) is 3.94. The van der Waals surface area contributed by atoms with Crippen LogP contribution in [-0.2, 0) is 7.05 Å². The number of carbonyl (C=O) groups excluding carboxylic acids is 1. The van der Waals surface area contributed by atoms with Crippen LogP contribution in [0.1, 0.15) is 35.8 Å². The van der Waals surface area contributed by atoms with E-state index in [9.17, 15) is 9.59 Å². The van der Waals surface area contributed by atoms with Gasteiger partial charge in [-0.25, -0.2) is 4.68 Å². The number of hydrogen-bond acceptors (Lipinski definition) is 2. The van der Waals surface area contributed by atoms with E-state index in [1.165, 1.54) is 6.07 Å². The highest BCUT2D eigenvalue weighted by atomic mass is 35.5. The van der Waals surface area contributed by atoms with E-state index in [1.807, 2.05) is 44.2 Å². The minimum atomic E-state index is -0.418. The molecule has 0 aliphatic rings. The maximum Gasteiger partial charge on any atom is 0.295 e. The number of para-hydroxylation sites is 1. The molecule has 1 amide bonds. The highest BCUT2D eigenvalue weighted by Gasteiger charge is 2.23. The van der Waals surface area contributed by atoms with Crippen molar-refractivity contribution in [2.75, 3.05) is 5.32 Å². The summed E-state index contributed by atoms with van der Waals surface area (Å²) in [5.41, 5.74) is 1.75. The number of benzene rings is 2. The average Bonchev–Trinajstić information content (AvgIpc) is 2.88. The van der Waals surface area contributed by atoms with Crippen LogP contribution < -0.4 is 10.9 Å². The van der Waals surface area contributed by atoms with Crippen molar-refractivity contribution in [1.82, 2.24) is 9.36 Å². The zero-order valence-electron chi connectivity index (χ0n) is 15.2. The van der Waals surface area contributed by atoms with Crippen molar-refractivity contribution in [2.45, 2.75) is 19.8 Å². The van der Waals surface area contributed by atoms with Crippen LogP contribution in [0.25, 0.3) is 5.69 Å². The molecule has 2 aromatic carbocycles. The van der Waals surface area contributed by atoms with Gasteiger partial charge >= 0.3 is 0 Å². The van der Waals surface area contributed by atoms with Gasteiger partial charge in [-0.05, 0) is 36.2 Å². The van der Waals surface area contributed by atoms with Crippen LogP contribution in [0.5, 0.6) is 0 Å². The standard InChI is InChI=1S/C20H19Cl2N3O2/c1-12(2)18-17(23-19(26)13-9-10-15(21)16(22)11-13)20(27)25(24(18)3)14-7-5-4-6-8-14/h4-12H,1-3H3,(H,23,26). The number of rotatable bonds is 4. The van der Waals surface area contributed by atoms with E-state index < -0.39 is 5.91 Å². The largest absolute Gasteiger partial charge is 0.316 e. The Hall–Kier alpha value is -2.50. The predicted octanol–water partition coefficient (Wildman–Crippen LogP) is 4.86. The second-order valence-electron chi connectivity index (χ2n) is 6.47. The lowest BCUT2D eigenvalue weighted by atomic mass is 10.1. The number of amides is 1. The van der Waals surface area contributed by atoms with Gasteiger partial charge in [-0.2, -0.15) is 0 Å². The molecule has 0 atom stereocenters. The molecule has 1 N–H and O–H groups in total. The Morgan fingerprint density at radius 3 is 2.30 bits per heavy atom. The first-order valence-electron chi connectivity index (χ1n) is 8.45. The fourth-order valence-electron chi connectivity index (χ4n) is 3.08. The Labute approximate surface area is 167 Å². The van der Waals surface area contributed by atoms with Crippen molar-refractivity contribution in [3.63, 3.8) is 0 Å². The summed E-state index contributed by atoms with van der Waals surface area (Å²) in [5, 5.41) is 3.40. The summed E-state index contributed by atoms with van der Waals surface area (Å²) in [4.78, 5) is 25.8. The van der Waals surface area contributed by atoms with E-state index in [-0.39, 0.29) is 22.2 Å². The molecule has 0 aliphatic carbocycles. The van der Waals surface area contributed by atoms with Gasteiger partial charge in [-0.15, -0.1) is 0 Å². The van der Waals surface area contributed by atoms with Gasteiger partial charge in [0.2, 0.25) is 0 Å². The molecule has 3 aromatic rings. The monoisotopic (exact) mass is 403 g/mol. The second-order valence-corrected chi connectivity index (χ2v) is 7.29. The number of carbonyl (C=O) groups is 1. The van der Waals surface area contributed by atoms with Crippen molar-refractivity contribution in [3.05, 3.63) is 80.2 Å². The van der Waals surface area contributed by atoms with Crippen LogP contribution in [0, 0.1) is 0 Å². The van der Waals surface area contributed by atoms with E-state index in [0.717, 1.165) is 11.4 Å². The first-order chi connectivity index (χ1) is 12.8. The molecule has 27 heavy (non-hydrogen) atoms. The molecule has 1 aromatic heterocycles. The fourth-order valence-corrected chi connectivity index (χ4v) is 3.38. The Bertz CT molecular complexity index is 1050. The summed E-state index contributed by atoms with van der Waals surface area (Å²) in [6, 6.07) is 13.9. The third kappa shape index (κ3) is 3.66. The van der Waals surface area contributed by atoms with Gasteiger partial charge in [-0.1, -0.05) is 55.2 Å². The quantitative estimate of drug-likeness (QED) is 0.675. The summed E-state index contributed by atoms with van der Waals surface area (Å²) >= 11 is 11.9. The molecule has 0 spiro atoms. The van der Waals surface area contributed by atoms with E-state index in [1.54, 1.807) is 28.5 Å². The first kappa shape index (κ1) is 19.3. The molecule has 0 bridgehead atoms. The molecule has 0 aliphatic heterocycles. The Morgan fingerprint density at radius 1 is 1.04 bits per heavy atom. The molecular formula is C20H19Cl2N3O2. The highest BCUT2D eigenvalue weighted by molar-refractivity contribution is 6.42. The van der Waals surface area contributed by atoms with Crippen molar-refractivity contribution in [1.29, 1.82) is 0 Å². The molecule has 0 saturated heterocycles. The third-order valence-corrected chi connectivity index (χ3v) is 5.02. The number of nitrogens with one attached hydrogen (secondary N) is 1. The summed E-state index contributed by atoms with van der Waals surface area (Å²) in [5.74, 6) is -0.393. The minimum absolute atomic E-state index is 0.0248. The third-order valence-electron chi connectivity index (χ3n) is 4.28. The SMILES string of the molecule is CC(C)c1c(NC(=O)c2ccc(Cl)c(Cl)c2)c(=O)n(-c2ccccc2)n1C. The number of anilines is 1. The lowest BCUT2D eigenvalue weighted by Gasteiger charge is -2.13. The molecule has 5 nitrogen and oxygen atoms in total. The van der Waals surface area contributed by atoms with Crippen molar-refractivity contribution < 1.29 is 4.79 Å². The Morgan fingerprint density at radius 2 is 1.70 bits per heavy atom. The lowest BCUT2D eigenvalue weighted by Crippen LogP contribution is -2.22. The van der Waals surface area contributed by atoms with Gasteiger partial charge in [0.1, 0.15) is 5.69 Å². The molecular weight excluding hydrogens is 385 g/mol. The minimum Gasteiger partial charge on any atom is -0.316 e. The normalized spacial score (nSPS) is 11.0. The van der Waals surface area contributed by atoms with Crippen LogP contribution in [0.2, 0.25) is 10.0 Å². The van der Waals surface area contributed by atoms with Gasteiger partial charge < -0.3 is 5.32 Å². The summed E-state index contributed by atoms with van der Waals surface area (Å²) < 4.78 is 3.31. The van der Waals surface area contributed by atoms with Gasteiger partial charge in [0, 0.05) is 12.6 Å². The van der Waals surface area contributed by atoms with Crippen molar-refractivity contribution in [3.8, 4) is 5.69 Å². The first-order valence-corrected chi connectivity index (χ1v) is 9.20. The zero-order chi connectivity index (χ0) is 19.7. The Balaban J connectivity index is 2.08. The maximum absolute atomic E-state index is 13.1. The van der Waals surface area contributed by atoms with Gasteiger partial charge in [0.15, 0.2) is 0 Å². The maximum atomic E-state index is 13.1. The molecule has 140 valence electrons. The smallest absolute Gasteiger partial charge is 0.295 e. The number of halogens is 2. The van der Waals surface area contributed by atoms with Crippen molar-refractivity contribution in [2.24, 2.45) is 7.05 Å². The van der Waals surface area contributed by atoms with E-state index in [0.29, 0.717) is 10.6 Å². The topological polar surface area (TPSA) is 56.0 Å². The highest BCUT2D eigenvalue weighted by Crippen LogP contribution is 2.25. The van der Waals surface area contributed by atoms with E-state index in [4.69, 9.17) is 23.2 Å². The molecule has 0 fully saturated rings. The number of hydrogen-bond donors (Lipinski definition) is 1. The summed E-state index contributed by atoms with van der Waals surface area (Å²) in [7, 11) is 1.80. The molecule has 0 radical (unpaired) electrons. The van der Waals surface area contributed by atoms with Crippen LogP contribution >= 0.6 is 23.2 Å². The Kier molecular flexibility index (Phi) is 5.44. The fraction of sp³-hybridized carbons (Fsp3) is 0.200. The van der Waals surface area contributed by atoms with Crippen LogP contribution in [0.4, 0.5) is 5.69 Å². The lowest BCUT2D eigenvalue weighted by molar-refractivity contribution is 0.102. The zero-order valence-corrected chi connectivity index (χ0v) is 16.7. The molecule has 0 saturated carbocycles. The summed E-state index contributed by atoms with van der Waals surface area (Å²) in [6.07, 6.45) is 0. The van der Waals surface area contributed by atoms with Crippen molar-refractivity contribution >= 4 is 34.8 Å². The number of nitrogens with zero attached hydrogens (tertiary/aromatic N) is 2. The molecule has 1 heterocycles. The average molecular weight is 404 g/mol. The van der Waals surface area contributed by atoms with Gasteiger partial charge in [0.25, 0.3) is 11.5 Å². The van der Waals surface area contributed by atoms with Gasteiger partial charge in [-0.3, -0.25) is 14.3 Å². The molecule has 7 heteroatoms. The number of aromatic nitrogens is 2.